The van der Waals surface area contributed by atoms with Crippen LogP contribution in [0.4, 0.5) is 0 Å². The number of thiol groups is 1. The van der Waals surface area contributed by atoms with E-state index in [0.717, 1.165) is 0 Å². The van der Waals surface area contributed by atoms with Gasteiger partial charge in [0, 0.05) is 11.7 Å². The van der Waals surface area contributed by atoms with E-state index in [1.165, 1.54) is 0 Å². The maximum Gasteiger partial charge on any atom is 0.0700 e. The molecule has 0 saturated carbocycles. The van der Waals surface area contributed by atoms with E-state index >= 15 is 0 Å². The predicted molar refractivity (Wildman–Crippen MR) is 37.5 cm³/mol. The van der Waals surface area contributed by atoms with Gasteiger partial charge in [-0.15, -0.1) is 0 Å². The van der Waals surface area contributed by atoms with Crippen molar-refractivity contribution >= 4 is 12.6 Å². The standard InChI is InChI=1S/C5H12O3S/c6-1-4(2-7)5(8)3-9/h4-9H,1-3H2. The third-order valence-corrected chi connectivity index (χ3v) is 1.57. The molecule has 0 rings (SSSR count). The predicted octanol–water partition coefficient (Wildman–Crippen LogP) is -1.12. The number of aliphatic hydroxyl groups excluding tert-OH is 3. The van der Waals surface area contributed by atoms with Gasteiger partial charge in [-0.2, -0.15) is 12.6 Å². The van der Waals surface area contributed by atoms with E-state index in [1.54, 1.807) is 0 Å². The Labute approximate surface area is 59.7 Å². The van der Waals surface area contributed by atoms with Gasteiger partial charge in [-0.25, -0.2) is 0 Å². The van der Waals surface area contributed by atoms with Crippen LogP contribution in [-0.4, -0.2) is 40.4 Å². The number of hydrogen-bond donors (Lipinski definition) is 4. The molecule has 56 valence electrons. The van der Waals surface area contributed by atoms with Gasteiger partial charge in [0.2, 0.25) is 0 Å². The lowest BCUT2D eigenvalue weighted by Crippen LogP contribution is -2.28. The molecule has 0 aliphatic rings. The molecular formula is C5H12O3S. The highest BCUT2D eigenvalue weighted by atomic mass is 32.1. The first kappa shape index (κ1) is 9.23. The monoisotopic (exact) mass is 152 g/mol. The van der Waals surface area contributed by atoms with Crippen LogP contribution >= 0.6 is 12.6 Å². The molecule has 0 bridgehead atoms. The van der Waals surface area contributed by atoms with Gasteiger partial charge in [-0.1, -0.05) is 0 Å². The SMILES string of the molecule is OCC(CO)C(O)CS. The Kier molecular flexibility index (Phi) is 5.18. The van der Waals surface area contributed by atoms with Crippen molar-refractivity contribution in [1.29, 1.82) is 0 Å². The topological polar surface area (TPSA) is 60.7 Å². The van der Waals surface area contributed by atoms with E-state index in [1.807, 2.05) is 0 Å². The van der Waals surface area contributed by atoms with Crippen LogP contribution in [0, 0.1) is 5.92 Å². The minimum atomic E-state index is -0.705. The second kappa shape index (κ2) is 5.05. The van der Waals surface area contributed by atoms with Crippen LogP contribution in [-0.2, 0) is 0 Å². The molecule has 0 fully saturated rings. The Morgan fingerprint density at radius 3 is 1.78 bits per heavy atom. The van der Waals surface area contributed by atoms with Crippen LogP contribution in [0.25, 0.3) is 0 Å². The summed E-state index contributed by atoms with van der Waals surface area (Å²) in [6, 6.07) is 0. The molecule has 0 aliphatic heterocycles. The maximum atomic E-state index is 8.92. The fourth-order valence-corrected chi connectivity index (χ4v) is 0.748. The molecule has 1 unspecified atom stereocenters. The zero-order valence-electron chi connectivity index (χ0n) is 5.06. The van der Waals surface area contributed by atoms with Crippen LogP contribution < -0.4 is 0 Å². The first-order valence-corrected chi connectivity index (χ1v) is 3.40. The highest BCUT2D eigenvalue weighted by molar-refractivity contribution is 7.80. The van der Waals surface area contributed by atoms with Crippen molar-refractivity contribution < 1.29 is 15.3 Å². The van der Waals surface area contributed by atoms with E-state index in [0.29, 0.717) is 0 Å². The smallest absolute Gasteiger partial charge is 0.0700 e. The Morgan fingerprint density at radius 1 is 1.22 bits per heavy atom. The fourth-order valence-electron chi connectivity index (χ4n) is 0.450. The molecule has 1 atom stereocenters. The van der Waals surface area contributed by atoms with E-state index in [9.17, 15) is 0 Å². The molecule has 0 aliphatic carbocycles. The van der Waals surface area contributed by atoms with Gasteiger partial charge in [0.25, 0.3) is 0 Å². The summed E-state index contributed by atoms with van der Waals surface area (Å²) in [6.07, 6.45) is -0.705. The summed E-state index contributed by atoms with van der Waals surface area (Å²) in [6.45, 7) is -0.392. The van der Waals surface area contributed by atoms with Gasteiger partial charge < -0.3 is 15.3 Å². The molecule has 4 heteroatoms. The van der Waals surface area contributed by atoms with E-state index in [4.69, 9.17) is 15.3 Å². The Hall–Kier alpha value is 0.230. The van der Waals surface area contributed by atoms with Crippen molar-refractivity contribution in [1.82, 2.24) is 0 Å². The third-order valence-electron chi connectivity index (χ3n) is 1.20. The molecule has 0 aromatic heterocycles. The van der Waals surface area contributed by atoms with Gasteiger partial charge >= 0.3 is 0 Å². The second-order valence-corrected chi connectivity index (χ2v) is 2.24. The summed E-state index contributed by atoms with van der Waals surface area (Å²) < 4.78 is 0. The molecule has 0 aromatic rings. The normalized spacial score (nSPS) is 14.3. The van der Waals surface area contributed by atoms with Crippen molar-refractivity contribution in [3.63, 3.8) is 0 Å². The van der Waals surface area contributed by atoms with E-state index in [2.05, 4.69) is 12.6 Å². The van der Waals surface area contributed by atoms with Crippen LogP contribution in [0.15, 0.2) is 0 Å². The van der Waals surface area contributed by atoms with Crippen LogP contribution in [0.3, 0.4) is 0 Å². The highest BCUT2D eigenvalue weighted by Crippen LogP contribution is 2.02. The van der Waals surface area contributed by atoms with Crippen LogP contribution in [0.1, 0.15) is 0 Å². The lowest BCUT2D eigenvalue weighted by atomic mass is 10.1. The molecule has 0 heterocycles. The second-order valence-electron chi connectivity index (χ2n) is 1.88. The summed E-state index contributed by atoms with van der Waals surface area (Å²) in [7, 11) is 0. The highest BCUT2D eigenvalue weighted by Gasteiger charge is 2.14. The summed E-state index contributed by atoms with van der Waals surface area (Å²) in [4.78, 5) is 0. The molecule has 3 nitrogen and oxygen atoms in total. The molecular weight excluding hydrogens is 140 g/mol. The average Bonchev–Trinajstić information content (AvgIpc) is 1.90. The van der Waals surface area contributed by atoms with Gasteiger partial charge in [0.05, 0.1) is 19.3 Å². The molecule has 9 heavy (non-hydrogen) atoms. The Balaban J connectivity index is 3.50. The fraction of sp³-hybridized carbons (Fsp3) is 1.00. The van der Waals surface area contributed by atoms with Gasteiger partial charge in [-0.3, -0.25) is 0 Å². The Morgan fingerprint density at radius 2 is 1.67 bits per heavy atom. The Bertz CT molecular complexity index is 65.2. The van der Waals surface area contributed by atoms with Crippen molar-refractivity contribution in [2.45, 2.75) is 6.10 Å². The van der Waals surface area contributed by atoms with Crippen LogP contribution in [0.5, 0.6) is 0 Å². The summed E-state index contributed by atoms with van der Waals surface area (Å²) in [5, 5.41) is 25.9. The number of rotatable bonds is 4. The molecule has 0 radical (unpaired) electrons. The van der Waals surface area contributed by atoms with Gasteiger partial charge in [0.1, 0.15) is 0 Å². The van der Waals surface area contributed by atoms with Gasteiger partial charge in [0.15, 0.2) is 0 Å². The first-order chi connectivity index (χ1) is 4.26. The zero-order chi connectivity index (χ0) is 7.28. The molecule has 0 spiro atoms. The number of aliphatic hydroxyl groups is 3. The summed E-state index contributed by atoms with van der Waals surface area (Å²) in [5.74, 6) is -0.173. The maximum absolute atomic E-state index is 8.92. The zero-order valence-corrected chi connectivity index (χ0v) is 5.96. The minimum Gasteiger partial charge on any atom is -0.396 e. The lowest BCUT2D eigenvalue weighted by Gasteiger charge is -2.15. The van der Waals surface area contributed by atoms with E-state index in [-0.39, 0.29) is 19.0 Å². The quantitative estimate of drug-likeness (QED) is 0.386. The molecule has 0 aromatic carbocycles. The average molecular weight is 152 g/mol. The van der Waals surface area contributed by atoms with Crippen molar-refractivity contribution in [2.24, 2.45) is 5.92 Å². The minimum absolute atomic E-state index is 0.196. The lowest BCUT2D eigenvalue weighted by molar-refractivity contribution is 0.0458. The largest absolute Gasteiger partial charge is 0.396 e. The van der Waals surface area contributed by atoms with Crippen LogP contribution in [0.2, 0.25) is 0 Å². The summed E-state index contributed by atoms with van der Waals surface area (Å²) in [5.41, 5.74) is 0. The van der Waals surface area contributed by atoms with Crippen molar-refractivity contribution in [2.75, 3.05) is 19.0 Å². The van der Waals surface area contributed by atoms with Crippen molar-refractivity contribution in [3.05, 3.63) is 0 Å². The molecule has 0 saturated heterocycles. The van der Waals surface area contributed by atoms with E-state index < -0.39 is 12.0 Å². The first-order valence-electron chi connectivity index (χ1n) is 2.76. The third kappa shape index (κ3) is 3.05. The number of hydrogen-bond acceptors (Lipinski definition) is 4. The van der Waals surface area contributed by atoms with Gasteiger partial charge in [-0.05, 0) is 0 Å². The summed E-state index contributed by atoms with van der Waals surface area (Å²) >= 11 is 3.79. The molecule has 0 amide bonds. The molecule has 3 N–H and O–H groups in total. The van der Waals surface area contributed by atoms with Crippen molar-refractivity contribution in [3.8, 4) is 0 Å².